The van der Waals surface area contributed by atoms with E-state index in [2.05, 4.69) is 0 Å². The van der Waals surface area contributed by atoms with Crippen LogP contribution in [0, 0.1) is 34.8 Å². The van der Waals surface area contributed by atoms with Crippen LogP contribution in [-0.4, -0.2) is 29.1 Å². The minimum absolute atomic E-state index is 0.129. The molecule has 6 rings (SSSR count). The quantitative estimate of drug-likeness (QED) is 0.0458. The summed E-state index contributed by atoms with van der Waals surface area (Å²) in [7, 11) is -15.4. The van der Waals surface area contributed by atoms with E-state index in [4.69, 9.17) is 1.40 Å². The van der Waals surface area contributed by atoms with E-state index in [1.165, 1.54) is 48.5 Å². The molecule has 0 atom stereocenters. The molecule has 6 aromatic carbocycles. The van der Waals surface area contributed by atoms with E-state index in [1.54, 1.807) is 52.0 Å². The SMILES string of the molecule is Cc1ccc(SN(I(OI(c2ccc(C(F)(F)F)cc2)N(S(=O)(=O)c2ccc(C)cc2)S(=O)(=O)c2ccc(C)cc2)c2ccc(C(F)(F)F)cc2)S(=O)(=O)c2ccc(C)cc2)cc1. The third-order valence-corrected chi connectivity index (χ3v) is 33.6. The molecule has 336 valence electrons. The first-order chi connectivity index (χ1) is 29.4. The molecule has 6 aromatic rings. The number of nitrogens with zero attached hydrogens (tertiary/aromatic N) is 2. The fraction of sp³-hybridized carbons (Fsp3) is 0.143. The molecular formula is C42H36F6I2N2O7S4. The zero-order valence-corrected chi connectivity index (χ0v) is 40.8. The van der Waals surface area contributed by atoms with Crippen LogP contribution in [0.3, 0.4) is 0 Å². The molecule has 0 bridgehead atoms. The van der Waals surface area contributed by atoms with E-state index < -0.39 is 104 Å². The van der Waals surface area contributed by atoms with Gasteiger partial charge in [-0.05, 0) is 0 Å². The van der Waals surface area contributed by atoms with Crippen molar-refractivity contribution in [1.29, 1.82) is 0 Å². The van der Waals surface area contributed by atoms with Crippen molar-refractivity contribution in [2.75, 3.05) is 0 Å². The molecule has 0 unspecified atom stereocenters. The first kappa shape index (κ1) is 48.9. The Balaban J connectivity index is 1.70. The Bertz CT molecular complexity index is 2820. The van der Waals surface area contributed by atoms with Gasteiger partial charge in [0.05, 0.1) is 0 Å². The molecule has 0 amide bonds. The number of hydrogen-bond acceptors (Lipinski definition) is 8. The third-order valence-electron chi connectivity index (χ3n) is 8.80. The monoisotopic (exact) mass is 1180 g/mol. The number of hydrogen-bond donors (Lipinski definition) is 0. The molecule has 0 aromatic heterocycles. The fourth-order valence-electron chi connectivity index (χ4n) is 5.33. The predicted molar refractivity (Wildman–Crippen MR) is 245 cm³/mol. The van der Waals surface area contributed by atoms with E-state index in [1.807, 2.05) is 0 Å². The van der Waals surface area contributed by atoms with Crippen LogP contribution < -0.4 is 0 Å². The Morgan fingerprint density at radius 2 is 0.730 bits per heavy atom. The molecule has 21 heteroatoms. The molecule has 0 aliphatic heterocycles. The Morgan fingerprint density at radius 3 is 1.06 bits per heavy atom. The zero-order valence-electron chi connectivity index (χ0n) is 33.3. The van der Waals surface area contributed by atoms with Crippen LogP contribution >= 0.6 is 53.0 Å². The second-order valence-corrected chi connectivity index (χ2v) is 32.8. The van der Waals surface area contributed by atoms with Gasteiger partial charge in [0, 0.05) is 0 Å². The maximum atomic E-state index is 15.1. The number of rotatable bonds is 14. The summed E-state index contributed by atoms with van der Waals surface area (Å²) in [5, 5.41) is 0. The summed E-state index contributed by atoms with van der Waals surface area (Å²) >= 11 is -8.98. The maximum absolute atomic E-state index is 15.1. The summed E-state index contributed by atoms with van der Waals surface area (Å²) in [4.78, 5) is -1.10. The van der Waals surface area contributed by atoms with Crippen molar-refractivity contribution in [2.45, 2.75) is 59.6 Å². The molecule has 0 saturated heterocycles. The summed E-state index contributed by atoms with van der Waals surface area (Å²) in [6.45, 7) is 6.78. The molecule has 0 aliphatic rings. The van der Waals surface area contributed by atoms with Crippen molar-refractivity contribution in [3.05, 3.63) is 186 Å². The number of sulfonamides is 3. The summed E-state index contributed by atoms with van der Waals surface area (Å²) in [6, 6.07) is 28.4. The first-order valence-electron chi connectivity index (χ1n) is 18.1. The van der Waals surface area contributed by atoms with Gasteiger partial charge in [-0.15, -0.1) is 0 Å². The van der Waals surface area contributed by atoms with Gasteiger partial charge in [0.25, 0.3) is 0 Å². The molecule has 63 heavy (non-hydrogen) atoms. The predicted octanol–water partition coefficient (Wildman–Crippen LogP) is 12.2. The summed E-state index contributed by atoms with van der Waals surface area (Å²) in [6.07, 6.45) is -9.73. The fourth-order valence-corrected chi connectivity index (χ4v) is 34.2. The van der Waals surface area contributed by atoms with Crippen molar-refractivity contribution >= 4 is 83.0 Å². The summed E-state index contributed by atoms with van der Waals surface area (Å²) in [5.41, 5.74) is 0.359. The zero-order chi connectivity index (χ0) is 46.1. The van der Waals surface area contributed by atoms with Gasteiger partial charge in [0.1, 0.15) is 0 Å². The van der Waals surface area contributed by atoms with Gasteiger partial charge in [-0.25, -0.2) is 0 Å². The van der Waals surface area contributed by atoms with Crippen molar-refractivity contribution < 1.29 is 53.0 Å². The van der Waals surface area contributed by atoms with Crippen LogP contribution in [0.15, 0.2) is 165 Å². The standard InChI is InChI=1S/C42H36F6I2N2O7S4/c1-29-5-21-37(22-6-29)60-51(61(53,54)38-23-7-30(2)8-24-38)49(35-17-13-33(14-18-35)41(43,44)45)59-50(36-19-15-34(16-20-36)42(46,47)48)52(62(55,56)39-25-9-31(3)10-26-39)63(57,58)40-27-11-32(4)12-28-40/h5-28H,1-4H3. The third kappa shape index (κ3) is 11.3. The molecule has 0 N–H and O–H groups in total. The second-order valence-electron chi connectivity index (χ2n) is 13.7. The number of halogens is 8. The topological polar surface area (TPSA) is 118 Å². The average molecular weight is 1180 g/mol. The summed E-state index contributed by atoms with van der Waals surface area (Å²) < 4.78 is 182. The second kappa shape index (κ2) is 19.1. The number of aryl methyl sites for hydroxylation is 4. The molecular weight excluding hydrogens is 1140 g/mol. The Hall–Kier alpha value is -3.56. The van der Waals surface area contributed by atoms with Gasteiger partial charge in [-0.1, -0.05) is 0 Å². The molecule has 0 radical (unpaired) electrons. The van der Waals surface area contributed by atoms with E-state index in [9.17, 15) is 26.3 Å². The molecule has 0 saturated carbocycles. The Morgan fingerprint density at radius 1 is 0.429 bits per heavy atom. The van der Waals surface area contributed by atoms with Crippen LogP contribution in [0.1, 0.15) is 33.4 Å². The van der Waals surface area contributed by atoms with Crippen LogP contribution in [-0.2, 0) is 43.8 Å². The molecule has 0 aliphatic carbocycles. The van der Waals surface area contributed by atoms with Gasteiger partial charge in [-0.3, -0.25) is 0 Å². The summed E-state index contributed by atoms with van der Waals surface area (Å²) in [5.74, 6) is 0. The molecule has 0 spiro atoms. The van der Waals surface area contributed by atoms with E-state index in [0.29, 0.717) is 57.8 Å². The van der Waals surface area contributed by atoms with E-state index in [-0.39, 0.29) is 14.0 Å². The Kier molecular flexibility index (Phi) is 14.8. The van der Waals surface area contributed by atoms with Gasteiger partial charge in [-0.2, -0.15) is 0 Å². The number of benzene rings is 6. The van der Waals surface area contributed by atoms with Gasteiger partial charge in [0.2, 0.25) is 0 Å². The van der Waals surface area contributed by atoms with Gasteiger partial charge >= 0.3 is 386 Å². The van der Waals surface area contributed by atoms with Crippen molar-refractivity contribution in [2.24, 2.45) is 0 Å². The van der Waals surface area contributed by atoms with E-state index >= 15 is 25.3 Å². The van der Waals surface area contributed by atoms with Gasteiger partial charge < -0.3 is 0 Å². The van der Waals surface area contributed by atoms with Crippen molar-refractivity contribution in [3.8, 4) is 0 Å². The van der Waals surface area contributed by atoms with Crippen LogP contribution in [0.4, 0.5) is 26.3 Å². The van der Waals surface area contributed by atoms with Crippen molar-refractivity contribution in [3.63, 3.8) is 0 Å². The average Bonchev–Trinajstić information content (AvgIpc) is 3.22. The van der Waals surface area contributed by atoms with Gasteiger partial charge in [0.15, 0.2) is 0 Å². The van der Waals surface area contributed by atoms with Crippen molar-refractivity contribution in [1.82, 2.24) is 3.85 Å². The van der Waals surface area contributed by atoms with E-state index in [0.717, 1.165) is 56.0 Å². The van der Waals surface area contributed by atoms with Crippen LogP contribution in [0.2, 0.25) is 0 Å². The molecule has 0 heterocycles. The molecule has 0 fully saturated rings. The first-order valence-corrected chi connectivity index (χ1v) is 29.1. The van der Waals surface area contributed by atoms with Crippen LogP contribution in [0.25, 0.3) is 0 Å². The Labute approximate surface area is 382 Å². The molecule has 9 nitrogen and oxygen atoms in total. The normalized spacial score (nSPS) is 13.3. The minimum atomic E-state index is -5.29. The number of alkyl halides is 6. The van der Waals surface area contributed by atoms with Crippen LogP contribution in [0.5, 0.6) is 0 Å².